The number of hydrogen-bond donors (Lipinski definition) is 2. The third-order valence-corrected chi connectivity index (χ3v) is 5.62. The molecule has 0 aromatic heterocycles. The average molecular weight is 423 g/mol. The molecular formula is C20H23ClN2O4S. The zero-order valence-corrected chi connectivity index (χ0v) is 17.5. The number of carbonyl (C=O) groups is 2. The molecule has 0 spiro atoms. The first kappa shape index (κ1) is 22.1. The van der Waals surface area contributed by atoms with Crippen LogP contribution in [0.4, 0.5) is 5.69 Å². The lowest BCUT2D eigenvalue weighted by Gasteiger charge is -2.20. The molecule has 0 unspecified atom stereocenters. The second kappa shape index (κ2) is 8.86. The highest BCUT2D eigenvalue weighted by Crippen LogP contribution is 2.18. The molecule has 0 aliphatic carbocycles. The van der Waals surface area contributed by atoms with Crippen LogP contribution < -0.4 is 10.0 Å². The fourth-order valence-corrected chi connectivity index (χ4v) is 4.02. The van der Waals surface area contributed by atoms with Gasteiger partial charge in [0.15, 0.2) is 5.78 Å². The van der Waals surface area contributed by atoms with Gasteiger partial charge in [-0.05, 0) is 63.2 Å². The number of anilines is 1. The lowest BCUT2D eigenvalue weighted by Crippen LogP contribution is -2.40. The minimum atomic E-state index is -3.71. The molecule has 8 heteroatoms. The molecule has 0 radical (unpaired) electrons. The number of carbonyl (C=O) groups excluding carboxylic acids is 2. The van der Waals surface area contributed by atoms with Crippen molar-refractivity contribution >= 4 is 39.0 Å². The summed E-state index contributed by atoms with van der Waals surface area (Å²) >= 11 is 5.79. The van der Waals surface area contributed by atoms with Crippen molar-refractivity contribution < 1.29 is 18.0 Å². The van der Waals surface area contributed by atoms with Gasteiger partial charge in [0.25, 0.3) is 0 Å². The van der Waals surface area contributed by atoms with E-state index in [0.717, 1.165) is 0 Å². The van der Waals surface area contributed by atoms with E-state index >= 15 is 0 Å². The minimum absolute atomic E-state index is 0.0152. The Morgan fingerprint density at radius 2 is 1.64 bits per heavy atom. The summed E-state index contributed by atoms with van der Waals surface area (Å²) in [5.41, 5.74) is 0.208. The van der Waals surface area contributed by atoms with E-state index in [0.29, 0.717) is 16.3 Å². The maximum atomic E-state index is 12.4. The predicted octanol–water partition coefficient (Wildman–Crippen LogP) is 4.02. The van der Waals surface area contributed by atoms with Crippen molar-refractivity contribution in [3.05, 3.63) is 59.1 Å². The summed E-state index contributed by atoms with van der Waals surface area (Å²) in [6.07, 6.45) is 0.0235. The summed E-state index contributed by atoms with van der Waals surface area (Å²) in [4.78, 5) is 24.3. The lowest BCUT2D eigenvalue weighted by molar-refractivity contribution is -0.116. The van der Waals surface area contributed by atoms with Crippen molar-refractivity contribution in [1.82, 2.24) is 4.72 Å². The first-order chi connectivity index (χ1) is 13.0. The van der Waals surface area contributed by atoms with Crippen LogP contribution in [0.1, 0.15) is 44.0 Å². The van der Waals surface area contributed by atoms with Crippen LogP contribution in [0.15, 0.2) is 53.4 Å². The van der Waals surface area contributed by atoms with Crippen molar-refractivity contribution in [3.63, 3.8) is 0 Å². The van der Waals surface area contributed by atoms with Crippen LogP contribution in [0.3, 0.4) is 0 Å². The van der Waals surface area contributed by atoms with E-state index in [2.05, 4.69) is 10.0 Å². The van der Waals surface area contributed by atoms with Crippen LogP contribution in [-0.4, -0.2) is 25.6 Å². The molecule has 0 bridgehead atoms. The first-order valence-corrected chi connectivity index (χ1v) is 10.5. The Bertz CT molecular complexity index is 964. The van der Waals surface area contributed by atoms with E-state index in [4.69, 9.17) is 11.6 Å². The van der Waals surface area contributed by atoms with Gasteiger partial charge in [-0.25, -0.2) is 13.1 Å². The standard InChI is InChI=1S/C20H23ClN2O4S/c1-20(2,3)23-28(26,27)17-6-4-5-16(13-17)22-19(25)12-11-18(24)14-7-9-15(21)10-8-14/h4-10,13,23H,11-12H2,1-3H3,(H,22,25). The summed E-state index contributed by atoms with van der Waals surface area (Å²) in [6.45, 7) is 5.23. The SMILES string of the molecule is CC(C)(C)NS(=O)(=O)c1cccc(NC(=O)CCC(=O)c2ccc(Cl)cc2)c1. The topological polar surface area (TPSA) is 92.3 Å². The first-order valence-electron chi connectivity index (χ1n) is 8.69. The number of sulfonamides is 1. The molecule has 0 saturated heterocycles. The van der Waals surface area contributed by atoms with E-state index in [1.807, 2.05) is 0 Å². The van der Waals surface area contributed by atoms with E-state index < -0.39 is 15.6 Å². The van der Waals surface area contributed by atoms with Crippen LogP contribution >= 0.6 is 11.6 Å². The van der Waals surface area contributed by atoms with Gasteiger partial charge in [-0.1, -0.05) is 17.7 Å². The highest BCUT2D eigenvalue weighted by molar-refractivity contribution is 7.89. The number of nitrogens with one attached hydrogen (secondary N) is 2. The Labute approximate surface area is 170 Å². The number of Topliss-reactive ketones (excluding diaryl/α,β-unsaturated/α-hetero) is 1. The van der Waals surface area contributed by atoms with E-state index in [-0.39, 0.29) is 29.4 Å². The van der Waals surface area contributed by atoms with Crippen LogP contribution in [0, 0.1) is 0 Å². The van der Waals surface area contributed by atoms with Gasteiger partial charge < -0.3 is 5.32 Å². The molecule has 0 aliphatic rings. The summed E-state index contributed by atoms with van der Waals surface area (Å²) in [6, 6.07) is 12.4. The molecule has 0 saturated carbocycles. The largest absolute Gasteiger partial charge is 0.326 e. The predicted molar refractivity (Wildman–Crippen MR) is 110 cm³/mol. The van der Waals surface area contributed by atoms with Gasteiger partial charge in [0, 0.05) is 34.7 Å². The minimum Gasteiger partial charge on any atom is -0.326 e. The van der Waals surface area contributed by atoms with E-state index in [1.165, 1.54) is 12.1 Å². The quantitative estimate of drug-likeness (QED) is 0.659. The Balaban J connectivity index is 1.99. The molecule has 6 nitrogen and oxygen atoms in total. The molecule has 2 rings (SSSR count). The fourth-order valence-electron chi connectivity index (χ4n) is 2.43. The highest BCUT2D eigenvalue weighted by atomic mass is 35.5. The van der Waals surface area contributed by atoms with Gasteiger partial charge in [-0.15, -0.1) is 0 Å². The van der Waals surface area contributed by atoms with Crippen molar-refractivity contribution in [3.8, 4) is 0 Å². The molecule has 0 fully saturated rings. The van der Waals surface area contributed by atoms with Gasteiger partial charge >= 0.3 is 0 Å². The maximum Gasteiger partial charge on any atom is 0.241 e. The molecule has 2 N–H and O–H groups in total. The third kappa shape index (κ3) is 6.74. The van der Waals surface area contributed by atoms with Crippen molar-refractivity contribution in [2.24, 2.45) is 0 Å². The molecule has 28 heavy (non-hydrogen) atoms. The Kier molecular flexibility index (Phi) is 6.98. The van der Waals surface area contributed by atoms with E-state index in [9.17, 15) is 18.0 Å². The zero-order chi connectivity index (χ0) is 20.9. The number of benzene rings is 2. The lowest BCUT2D eigenvalue weighted by atomic mass is 10.1. The van der Waals surface area contributed by atoms with Crippen molar-refractivity contribution in [2.45, 2.75) is 44.0 Å². The summed E-state index contributed by atoms with van der Waals surface area (Å²) in [7, 11) is -3.71. The molecular weight excluding hydrogens is 400 g/mol. The average Bonchev–Trinajstić information content (AvgIpc) is 2.58. The molecule has 2 aromatic rings. The van der Waals surface area contributed by atoms with Gasteiger partial charge in [0.2, 0.25) is 15.9 Å². The maximum absolute atomic E-state index is 12.4. The second-order valence-electron chi connectivity index (χ2n) is 7.36. The smallest absolute Gasteiger partial charge is 0.241 e. The summed E-state index contributed by atoms with van der Waals surface area (Å²) in [5, 5.41) is 3.16. The highest BCUT2D eigenvalue weighted by Gasteiger charge is 2.22. The fraction of sp³-hybridized carbons (Fsp3) is 0.300. The monoisotopic (exact) mass is 422 g/mol. The van der Waals surface area contributed by atoms with Crippen LogP contribution in [0.25, 0.3) is 0 Å². The van der Waals surface area contributed by atoms with E-state index in [1.54, 1.807) is 57.2 Å². The van der Waals surface area contributed by atoms with Crippen molar-refractivity contribution in [1.29, 1.82) is 0 Å². The van der Waals surface area contributed by atoms with Crippen molar-refractivity contribution in [2.75, 3.05) is 5.32 Å². The molecule has 150 valence electrons. The summed E-state index contributed by atoms with van der Waals surface area (Å²) < 4.78 is 27.4. The number of halogens is 1. The third-order valence-electron chi connectivity index (χ3n) is 3.61. The Morgan fingerprint density at radius 1 is 1.00 bits per heavy atom. The van der Waals surface area contributed by atoms with Gasteiger partial charge in [-0.3, -0.25) is 9.59 Å². The number of rotatable bonds is 7. The number of ketones is 1. The van der Waals surface area contributed by atoms with Crippen LogP contribution in [0.2, 0.25) is 5.02 Å². The molecule has 0 aliphatic heterocycles. The van der Waals surface area contributed by atoms with Gasteiger partial charge in [-0.2, -0.15) is 0 Å². The molecule has 0 atom stereocenters. The Hall–Kier alpha value is -2.22. The van der Waals surface area contributed by atoms with Gasteiger partial charge in [0.05, 0.1) is 4.90 Å². The van der Waals surface area contributed by atoms with Crippen LogP contribution in [0.5, 0.6) is 0 Å². The molecule has 0 heterocycles. The Morgan fingerprint density at radius 3 is 2.25 bits per heavy atom. The number of hydrogen-bond acceptors (Lipinski definition) is 4. The zero-order valence-electron chi connectivity index (χ0n) is 16.0. The molecule has 2 aromatic carbocycles. The number of amides is 1. The second-order valence-corrected chi connectivity index (χ2v) is 9.48. The van der Waals surface area contributed by atoms with Gasteiger partial charge in [0.1, 0.15) is 0 Å². The van der Waals surface area contributed by atoms with Crippen LogP contribution in [-0.2, 0) is 14.8 Å². The molecule has 1 amide bonds. The normalized spacial score (nSPS) is 11.9. The summed E-state index contributed by atoms with van der Waals surface area (Å²) in [5.74, 6) is -0.543.